The number of aryl methyl sites for hydroxylation is 1. The van der Waals surface area contributed by atoms with Crippen molar-refractivity contribution in [2.24, 2.45) is 0 Å². The Morgan fingerprint density at radius 1 is 1.00 bits per heavy atom. The van der Waals surface area contributed by atoms with Crippen LogP contribution in [-0.2, 0) is 11.2 Å². The summed E-state index contributed by atoms with van der Waals surface area (Å²) in [7, 11) is 0. The summed E-state index contributed by atoms with van der Waals surface area (Å²) in [6.45, 7) is 0. The van der Waals surface area contributed by atoms with E-state index in [1.54, 1.807) is 0 Å². The minimum absolute atomic E-state index is 0.149. The average Bonchev–Trinajstić information content (AvgIpc) is 2.42. The van der Waals surface area contributed by atoms with E-state index < -0.39 is 0 Å². The van der Waals surface area contributed by atoms with Crippen LogP contribution in [0.25, 0.3) is 0 Å². The number of hydrogen-bond donors (Lipinski definition) is 0. The molecule has 0 saturated heterocycles. The molecular weight excluding hydrogens is 319 g/mol. The Morgan fingerprint density at radius 2 is 1.60 bits per heavy atom. The third kappa shape index (κ3) is 4.14. The van der Waals surface area contributed by atoms with E-state index in [-0.39, 0.29) is 28.2 Å². The van der Waals surface area contributed by atoms with Gasteiger partial charge in [-0.15, -0.1) is 0 Å². The van der Waals surface area contributed by atoms with Crippen LogP contribution >= 0.6 is 34.8 Å². The topological polar surface area (TPSA) is 26.3 Å². The Balaban J connectivity index is 1.98. The van der Waals surface area contributed by atoms with Gasteiger partial charge in [0.05, 0.1) is 10.0 Å². The number of benzene rings is 2. The summed E-state index contributed by atoms with van der Waals surface area (Å²) < 4.78 is 5.19. The van der Waals surface area contributed by atoms with Gasteiger partial charge in [0, 0.05) is 11.4 Å². The number of ether oxygens (including phenoxy) is 1. The van der Waals surface area contributed by atoms with E-state index in [0.29, 0.717) is 11.4 Å². The monoisotopic (exact) mass is 328 g/mol. The molecule has 0 spiro atoms. The minimum atomic E-state index is -0.389. The van der Waals surface area contributed by atoms with Crippen molar-refractivity contribution in [2.45, 2.75) is 12.8 Å². The second-order valence-electron chi connectivity index (χ2n) is 4.16. The third-order valence-electron chi connectivity index (χ3n) is 2.64. The lowest BCUT2D eigenvalue weighted by Gasteiger charge is -2.08. The van der Waals surface area contributed by atoms with Crippen LogP contribution in [0.4, 0.5) is 0 Å². The number of carbonyl (C=O) groups is 1. The Bertz CT molecular complexity index is 589. The highest BCUT2D eigenvalue weighted by molar-refractivity contribution is 6.40. The maximum Gasteiger partial charge on any atom is 0.311 e. The normalized spacial score (nSPS) is 10.3. The van der Waals surface area contributed by atoms with E-state index in [2.05, 4.69) is 0 Å². The first-order valence-electron chi connectivity index (χ1n) is 5.95. The van der Waals surface area contributed by atoms with Crippen LogP contribution < -0.4 is 4.74 Å². The molecule has 0 unspecified atom stereocenters. The average molecular weight is 330 g/mol. The minimum Gasteiger partial charge on any atom is -0.423 e. The van der Waals surface area contributed by atoms with Gasteiger partial charge in [0.2, 0.25) is 0 Å². The Morgan fingerprint density at radius 3 is 2.20 bits per heavy atom. The second kappa shape index (κ2) is 6.98. The molecule has 2 aromatic carbocycles. The molecule has 0 aliphatic carbocycles. The highest BCUT2D eigenvalue weighted by atomic mass is 35.5. The molecular formula is C15H11Cl3O2. The molecule has 0 aliphatic heterocycles. The molecule has 0 heterocycles. The van der Waals surface area contributed by atoms with E-state index in [0.717, 1.165) is 5.56 Å². The summed E-state index contributed by atoms with van der Waals surface area (Å²) in [6, 6.07) is 12.6. The molecule has 0 amide bonds. The predicted molar refractivity (Wildman–Crippen MR) is 81.9 cm³/mol. The molecule has 0 atom stereocenters. The lowest BCUT2D eigenvalue weighted by Crippen LogP contribution is -2.09. The molecule has 2 rings (SSSR count). The number of carbonyl (C=O) groups excluding carboxylic acids is 1. The van der Waals surface area contributed by atoms with Gasteiger partial charge in [-0.25, -0.2) is 0 Å². The van der Waals surface area contributed by atoms with Crippen LogP contribution in [0.1, 0.15) is 12.0 Å². The summed E-state index contributed by atoms with van der Waals surface area (Å²) in [4.78, 5) is 11.8. The van der Waals surface area contributed by atoms with Crippen molar-refractivity contribution in [1.82, 2.24) is 0 Å². The van der Waals surface area contributed by atoms with Gasteiger partial charge in [-0.1, -0.05) is 65.1 Å². The number of esters is 1. The molecule has 5 heteroatoms. The lowest BCUT2D eigenvalue weighted by atomic mass is 10.1. The summed E-state index contributed by atoms with van der Waals surface area (Å²) in [6.07, 6.45) is 0.849. The van der Waals surface area contributed by atoms with Gasteiger partial charge >= 0.3 is 5.97 Å². The van der Waals surface area contributed by atoms with Gasteiger partial charge in [0.25, 0.3) is 0 Å². The molecule has 0 radical (unpaired) electrons. The van der Waals surface area contributed by atoms with E-state index in [4.69, 9.17) is 39.5 Å². The molecule has 0 N–H and O–H groups in total. The van der Waals surface area contributed by atoms with E-state index in [9.17, 15) is 4.79 Å². The van der Waals surface area contributed by atoms with Crippen LogP contribution in [0.5, 0.6) is 5.75 Å². The number of halogens is 3. The van der Waals surface area contributed by atoms with Crippen molar-refractivity contribution in [1.29, 1.82) is 0 Å². The van der Waals surface area contributed by atoms with Gasteiger partial charge in [-0.05, 0) is 24.1 Å². The molecule has 0 bridgehead atoms. The van der Waals surface area contributed by atoms with Crippen molar-refractivity contribution in [2.75, 3.05) is 0 Å². The standard InChI is InChI=1S/C15H11Cl3O2/c16-11-8-12(17)15(13(18)9-11)20-14(19)7-6-10-4-2-1-3-5-10/h1-5,8-9H,6-7H2. The molecule has 104 valence electrons. The molecule has 0 aromatic heterocycles. The van der Waals surface area contributed by atoms with Crippen molar-refractivity contribution in [3.8, 4) is 5.75 Å². The molecule has 0 fully saturated rings. The first-order valence-corrected chi connectivity index (χ1v) is 7.09. The zero-order chi connectivity index (χ0) is 14.5. The molecule has 2 nitrogen and oxygen atoms in total. The van der Waals surface area contributed by atoms with E-state index in [1.165, 1.54) is 12.1 Å². The van der Waals surface area contributed by atoms with Crippen molar-refractivity contribution >= 4 is 40.8 Å². The fourth-order valence-corrected chi connectivity index (χ4v) is 2.58. The fourth-order valence-electron chi connectivity index (χ4n) is 1.68. The maximum atomic E-state index is 11.8. The van der Waals surface area contributed by atoms with Crippen molar-refractivity contribution in [3.63, 3.8) is 0 Å². The number of rotatable bonds is 4. The first kappa shape index (κ1) is 15.2. The smallest absolute Gasteiger partial charge is 0.311 e. The lowest BCUT2D eigenvalue weighted by molar-refractivity contribution is -0.134. The van der Waals surface area contributed by atoms with Crippen molar-refractivity contribution in [3.05, 3.63) is 63.1 Å². The van der Waals surface area contributed by atoms with Crippen LogP contribution in [0.3, 0.4) is 0 Å². The molecule has 0 saturated carbocycles. The van der Waals surface area contributed by atoms with Crippen molar-refractivity contribution < 1.29 is 9.53 Å². The van der Waals surface area contributed by atoms with Gasteiger partial charge in [-0.2, -0.15) is 0 Å². The van der Waals surface area contributed by atoms with Gasteiger partial charge in [-0.3, -0.25) is 4.79 Å². The van der Waals surface area contributed by atoms with E-state index in [1.807, 2.05) is 30.3 Å². The van der Waals surface area contributed by atoms with Crippen LogP contribution in [-0.4, -0.2) is 5.97 Å². The SMILES string of the molecule is O=C(CCc1ccccc1)Oc1c(Cl)cc(Cl)cc1Cl. The summed E-state index contributed by atoms with van der Waals surface area (Å²) in [5.41, 5.74) is 1.07. The maximum absolute atomic E-state index is 11.8. The predicted octanol–water partition coefficient (Wildman–Crippen LogP) is 5.19. The Labute approximate surface area is 132 Å². The van der Waals surface area contributed by atoms with Gasteiger partial charge < -0.3 is 4.74 Å². The number of hydrogen-bond acceptors (Lipinski definition) is 2. The third-order valence-corrected chi connectivity index (χ3v) is 3.42. The summed E-state index contributed by atoms with van der Waals surface area (Å²) in [5, 5.41) is 0.829. The van der Waals surface area contributed by atoms with E-state index >= 15 is 0 Å². The fraction of sp³-hybridized carbons (Fsp3) is 0.133. The highest BCUT2D eigenvalue weighted by Crippen LogP contribution is 2.36. The molecule has 2 aromatic rings. The quantitative estimate of drug-likeness (QED) is 0.570. The van der Waals surface area contributed by atoms with Crippen LogP contribution in [0, 0.1) is 0 Å². The second-order valence-corrected chi connectivity index (χ2v) is 5.41. The molecule has 20 heavy (non-hydrogen) atoms. The zero-order valence-electron chi connectivity index (χ0n) is 10.4. The summed E-state index contributed by atoms with van der Waals surface area (Å²) >= 11 is 17.7. The van der Waals surface area contributed by atoms with Gasteiger partial charge in [0.1, 0.15) is 0 Å². The van der Waals surface area contributed by atoms with Gasteiger partial charge in [0.15, 0.2) is 5.75 Å². The molecule has 0 aliphatic rings. The Kier molecular flexibility index (Phi) is 5.30. The van der Waals surface area contributed by atoms with Crippen LogP contribution in [0.15, 0.2) is 42.5 Å². The largest absolute Gasteiger partial charge is 0.423 e. The zero-order valence-corrected chi connectivity index (χ0v) is 12.7. The first-order chi connectivity index (χ1) is 9.56. The highest BCUT2D eigenvalue weighted by Gasteiger charge is 2.13. The van der Waals surface area contributed by atoms with Crippen LogP contribution in [0.2, 0.25) is 15.1 Å². The Hall–Kier alpha value is -1.22. The summed E-state index contributed by atoms with van der Waals surface area (Å²) in [5.74, 6) is -0.240.